The molecule has 0 bridgehead atoms. The number of furan rings is 1. The van der Waals surface area contributed by atoms with Gasteiger partial charge in [-0.25, -0.2) is 4.98 Å². The van der Waals surface area contributed by atoms with Crippen LogP contribution in [0.2, 0.25) is 0 Å². The SMILES string of the molecule is c1ccc(-c2nc(-c3ccc4c(c3)oc3ccccc34)nc(-n3c4ccc5ccccc5c4c4cccc(-c5ccc6sc7ccc8ccccc8c7c6c5)c43)n2)cc1. The molecule has 274 valence electrons. The molecule has 59 heavy (non-hydrogen) atoms. The van der Waals surface area contributed by atoms with Crippen molar-refractivity contribution in [2.24, 2.45) is 0 Å². The first-order chi connectivity index (χ1) is 29.2. The van der Waals surface area contributed by atoms with Crippen LogP contribution in [0.15, 0.2) is 186 Å². The Balaban J connectivity index is 1.12. The summed E-state index contributed by atoms with van der Waals surface area (Å²) in [4.78, 5) is 15.8. The molecule has 0 radical (unpaired) electrons. The fourth-order valence-corrected chi connectivity index (χ4v) is 10.3. The predicted octanol–water partition coefficient (Wildman–Crippen LogP) is 14.5. The number of rotatable bonds is 4. The number of fused-ring (bicyclic) bond motifs is 13. The Kier molecular flexibility index (Phi) is 6.82. The quantitative estimate of drug-likeness (QED) is 0.179. The monoisotopic (exact) mass is 770 g/mol. The van der Waals surface area contributed by atoms with Gasteiger partial charge in [0.05, 0.1) is 11.0 Å². The van der Waals surface area contributed by atoms with Gasteiger partial charge in [0.1, 0.15) is 11.2 Å². The molecule has 0 aliphatic carbocycles. The molecule has 6 heteroatoms. The van der Waals surface area contributed by atoms with E-state index in [1.807, 2.05) is 47.7 Å². The number of thiophene rings is 1. The molecule has 0 unspecified atom stereocenters. The molecular formula is C53H30N4OS. The van der Waals surface area contributed by atoms with E-state index in [2.05, 4.69) is 150 Å². The van der Waals surface area contributed by atoms with Gasteiger partial charge in [0.15, 0.2) is 11.6 Å². The lowest BCUT2D eigenvalue weighted by atomic mass is 9.97. The van der Waals surface area contributed by atoms with Crippen LogP contribution in [0.3, 0.4) is 0 Å². The summed E-state index contributed by atoms with van der Waals surface area (Å²) in [6.45, 7) is 0. The van der Waals surface area contributed by atoms with E-state index in [1.54, 1.807) is 0 Å². The summed E-state index contributed by atoms with van der Waals surface area (Å²) in [5, 5.41) is 11.9. The van der Waals surface area contributed by atoms with Crippen LogP contribution in [-0.2, 0) is 0 Å². The topological polar surface area (TPSA) is 56.7 Å². The number of hydrogen-bond acceptors (Lipinski definition) is 5. The first-order valence-electron chi connectivity index (χ1n) is 19.8. The fourth-order valence-electron chi connectivity index (χ4n) is 9.17. The standard InChI is InChI=1S/C53H30N4OS/c1-2-13-33(14-3-1)51-54-52(35-21-25-40-39-17-8-9-20-44(39)58-45(40)30-35)56-53(55-51)57-43-26-22-31-11-4-6-15-36(31)48(43)41-19-10-18-38(50(41)57)34-24-27-46-42(29-34)49-37-16-7-5-12-32(37)23-28-47(49)59-46/h1-30H. The van der Waals surface area contributed by atoms with Crippen molar-refractivity contribution in [3.05, 3.63) is 182 Å². The van der Waals surface area contributed by atoms with Crippen LogP contribution in [0.25, 0.3) is 125 Å². The summed E-state index contributed by atoms with van der Waals surface area (Å²) in [5.41, 5.74) is 7.73. The zero-order chi connectivity index (χ0) is 38.6. The number of para-hydroxylation sites is 2. The highest BCUT2D eigenvalue weighted by Gasteiger charge is 2.23. The molecule has 4 aromatic heterocycles. The first kappa shape index (κ1) is 32.4. The van der Waals surface area contributed by atoms with Crippen LogP contribution in [-0.4, -0.2) is 19.5 Å². The third kappa shape index (κ3) is 4.87. The molecule has 0 atom stereocenters. The molecule has 13 rings (SSSR count). The van der Waals surface area contributed by atoms with E-state index in [9.17, 15) is 0 Å². The Labute approximate surface area is 341 Å². The average molecular weight is 771 g/mol. The largest absolute Gasteiger partial charge is 0.456 e. The molecule has 0 aliphatic heterocycles. The van der Waals surface area contributed by atoms with Crippen molar-refractivity contribution in [3.8, 4) is 39.9 Å². The first-order valence-corrected chi connectivity index (χ1v) is 20.6. The molecule has 5 nitrogen and oxygen atoms in total. The van der Waals surface area contributed by atoms with Gasteiger partial charge >= 0.3 is 0 Å². The highest BCUT2D eigenvalue weighted by atomic mass is 32.1. The number of nitrogens with zero attached hydrogens (tertiary/aromatic N) is 4. The van der Waals surface area contributed by atoms with Gasteiger partial charge in [-0.05, 0) is 69.6 Å². The zero-order valence-corrected chi connectivity index (χ0v) is 32.2. The number of hydrogen-bond donors (Lipinski definition) is 0. The average Bonchev–Trinajstić information content (AvgIpc) is 3.98. The van der Waals surface area contributed by atoms with Gasteiger partial charge in [-0.2, -0.15) is 9.97 Å². The van der Waals surface area contributed by atoms with Gasteiger partial charge < -0.3 is 4.42 Å². The lowest BCUT2D eigenvalue weighted by Gasteiger charge is -2.13. The number of aromatic nitrogens is 4. The van der Waals surface area contributed by atoms with Gasteiger partial charge in [-0.3, -0.25) is 4.57 Å². The van der Waals surface area contributed by atoms with Crippen LogP contribution in [0.1, 0.15) is 0 Å². The molecule has 0 spiro atoms. The van der Waals surface area contributed by atoms with E-state index in [0.717, 1.165) is 60.6 Å². The van der Waals surface area contributed by atoms with Gasteiger partial charge in [0.25, 0.3) is 0 Å². The van der Waals surface area contributed by atoms with Crippen LogP contribution in [0, 0.1) is 0 Å². The smallest absolute Gasteiger partial charge is 0.238 e. The van der Waals surface area contributed by atoms with Crippen molar-refractivity contribution in [1.82, 2.24) is 19.5 Å². The van der Waals surface area contributed by atoms with Gasteiger partial charge in [0.2, 0.25) is 5.95 Å². The molecule has 13 aromatic rings. The maximum absolute atomic E-state index is 6.35. The van der Waals surface area contributed by atoms with Crippen LogP contribution in [0.5, 0.6) is 0 Å². The van der Waals surface area contributed by atoms with E-state index in [4.69, 9.17) is 19.4 Å². The predicted molar refractivity (Wildman–Crippen MR) is 246 cm³/mol. The molecule has 0 saturated heterocycles. The maximum atomic E-state index is 6.35. The lowest BCUT2D eigenvalue weighted by molar-refractivity contribution is 0.669. The van der Waals surface area contributed by atoms with Crippen molar-refractivity contribution in [2.45, 2.75) is 0 Å². The van der Waals surface area contributed by atoms with Crippen molar-refractivity contribution >= 4 is 96.8 Å². The van der Waals surface area contributed by atoms with E-state index >= 15 is 0 Å². The minimum Gasteiger partial charge on any atom is -0.456 e. The van der Waals surface area contributed by atoms with Crippen LogP contribution >= 0.6 is 11.3 Å². The molecule has 9 aromatic carbocycles. The highest BCUT2D eigenvalue weighted by molar-refractivity contribution is 7.26. The summed E-state index contributed by atoms with van der Waals surface area (Å²) in [6.07, 6.45) is 0. The third-order valence-electron chi connectivity index (χ3n) is 11.8. The molecule has 0 aliphatic rings. The van der Waals surface area contributed by atoms with Gasteiger partial charge in [-0.1, -0.05) is 140 Å². The van der Waals surface area contributed by atoms with Gasteiger partial charge in [0, 0.05) is 58.4 Å². The Morgan fingerprint density at radius 1 is 0.407 bits per heavy atom. The van der Waals surface area contributed by atoms with Crippen molar-refractivity contribution in [2.75, 3.05) is 0 Å². The maximum Gasteiger partial charge on any atom is 0.238 e. The fraction of sp³-hybridized carbons (Fsp3) is 0. The van der Waals surface area contributed by atoms with E-state index in [0.29, 0.717) is 17.6 Å². The highest BCUT2D eigenvalue weighted by Crippen LogP contribution is 2.44. The molecule has 0 amide bonds. The van der Waals surface area contributed by atoms with E-state index in [1.165, 1.54) is 47.1 Å². The molecule has 0 fully saturated rings. The minimum atomic E-state index is 0.550. The second kappa shape index (κ2) is 12.4. The third-order valence-corrected chi connectivity index (χ3v) is 13.0. The van der Waals surface area contributed by atoms with Crippen molar-refractivity contribution in [3.63, 3.8) is 0 Å². The Morgan fingerprint density at radius 3 is 1.92 bits per heavy atom. The van der Waals surface area contributed by atoms with Crippen LogP contribution in [0.4, 0.5) is 0 Å². The molecule has 0 saturated carbocycles. The second-order valence-electron chi connectivity index (χ2n) is 15.1. The Morgan fingerprint density at radius 2 is 1.07 bits per heavy atom. The molecular weight excluding hydrogens is 741 g/mol. The van der Waals surface area contributed by atoms with E-state index < -0.39 is 0 Å². The van der Waals surface area contributed by atoms with E-state index in [-0.39, 0.29) is 0 Å². The summed E-state index contributed by atoms with van der Waals surface area (Å²) in [7, 11) is 0. The molecule has 0 N–H and O–H groups in total. The Bertz CT molecular complexity index is 3860. The Hall–Kier alpha value is -7.67. The summed E-state index contributed by atoms with van der Waals surface area (Å²) in [5.74, 6) is 1.72. The number of benzene rings is 9. The normalized spacial score (nSPS) is 12.1. The zero-order valence-electron chi connectivity index (χ0n) is 31.4. The molecule has 4 heterocycles. The van der Waals surface area contributed by atoms with Crippen molar-refractivity contribution < 1.29 is 4.42 Å². The summed E-state index contributed by atoms with van der Waals surface area (Å²) < 4.78 is 11.2. The van der Waals surface area contributed by atoms with Crippen LogP contribution < -0.4 is 0 Å². The minimum absolute atomic E-state index is 0.550. The van der Waals surface area contributed by atoms with Crippen molar-refractivity contribution in [1.29, 1.82) is 0 Å². The second-order valence-corrected chi connectivity index (χ2v) is 16.2. The summed E-state index contributed by atoms with van der Waals surface area (Å²) >= 11 is 1.85. The summed E-state index contributed by atoms with van der Waals surface area (Å²) in [6, 6.07) is 64.4. The van der Waals surface area contributed by atoms with Gasteiger partial charge in [-0.15, -0.1) is 11.3 Å². The lowest BCUT2D eigenvalue weighted by Crippen LogP contribution is -2.07.